The second kappa shape index (κ2) is 4.50. The number of hydrogen-bond donors (Lipinski definition) is 0. The summed E-state index contributed by atoms with van der Waals surface area (Å²) in [6.07, 6.45) is 2.90. The number of hydrogen-bond acceptors (Lipinski definition) is 6. The van der Waals surface area contributed by atoms with Crippen molar-refractivity contribution in [1.82, 2.24) is 24.1 Å². The van der Waals surface area contributed by atoms with Crippen LogP contribution in [0, 0.1) is 6.92 Å². The van der Waals surface area contributed by atoms with Crippen molar-refractivity contribution in [2.24, 2.45) is 0 Å². The maximum atomic E-state index is 11.5. The highest BCUT2D eigenvalue weighted by Crippen LogP contribution is 2.31. The Morgan fingerprint density at radius 2 is 1.95 bits per heavy atom. The smallest absolute Gasteiger partial charge is 0.213 e. The molecule has 1 aliphatic rings. The molecular formula is C10H15N5O2S2. The zero-order valence-corrected chi connectivity index (χ0v) is 12.4. The summed E-state index contributed by atoms with van der Waals surface area (Å²) < 4.78 is 26.2. The fourth-order valence-corrected chi connectivity index (χ4v) is 4.26. The molecule has 1 saturated heterocycles. The molecule has 0 spiro atoms. The van der Waals surface area contributed by atoms with Crippen LogP contribution in [-0.4, -0.2) is 51.9 Å². The number of fused-ring (bicyclic) bond motifs is 1. The first-order valence-electron chi connectivity index (χ1n) is 6.09. The van der Waals surface area contributed by atoms with Crippen LogP contribution in [0.4, 0.5) is 0 Å². The highest BCUT2D eigenvalue weighted by molar-refractivity contribution is 7.88. The number of nitrogens with zero attached hydrogens (tertiary/aromatic N) is 5. The molecule has 2 aromatic rings. The molecule has 19 heavy (non-hydrogen) atoms. The van der Waals surface area contributed by atoms with Crippen molar-refractivity contribution in [3.05, 3.63) is 10.8 Å². The Bertz CT molecular complexity index is 697. The van der Waals surface area contributed by atoms with Gasteiger partial charge in [-0.1, -0.05) is 11.3 Å². The molecule has 1 aliphatic heterocycles. The molecule has 104 valence electrons. The summed E-state index contributed by atoms with van der Waals surface area (Å²) in [5.41, 5.74) is 0. The Morgan fingerprint density at radius 3 is 2.53 bits per heavy atom. The minimum Gasteiger partial charge on any atom is -0.213 e. The molecule has 0 aromatic carbocycles. The van der Waals surface area contributed by atoms with Gasteiger partial charge in [-0.15, -0.1) is 10.2 Å². The van der Waals surface area contributed by atoms with Crippen molar-refractivity contribution >= 4 is 26.3 Å². The van der Waals surface area contributed by atoms with Crippen molar-refractivity contribution in [2.75, 3.05) is 19.3 Å². The molecular weight excluding hydrogens is 286 g/mol. The van der Waals surface area contributed by atoms with Gasteiger partial charge < -0.3 is 0 Å². The number of aromatic nitrogens is 4. The third kappa shape index (κ3) is 2.37. The molecule has 3 heterocycles. The summed E-state index contributed by atoms with van der Waals surface area (Å²) in [6.45, 7) is 3.01. The third-order valence-corrected chi connectivity index (χ3v) is 5.80. The lowest BCUT2D eigenvalue weighted by molar-refractivity contribution is 0.320. The molecule has 0 unspecified atom stereocenters. The molecule has 0 atom stereocenters. The number of piperidine rings is 1. The Labute approximate surface area is 115 Å². The van der Waals surface area contributed by atoms with E-state index in [1.54, 1.807) is 15.9 Å². The van der Waals surface area contributed by atoms with E-state index in [1.807, 2.05) is 6.92 Å². The largest absolute Gasteiger partial charge is 0.234 e. The van der Waals surface area contributed by atoms with Crippen molar-refractivity contribution in [3.63, 3.8) is 0 Å². The van der Waals surface area contributed by atoms with E-state index >= 15 is 0 Å². The average Bonchev–Trinajstić information content (AvgIpc) is 2.91. The molecule has 2 aromatic heterocycles. The lowest BCUT2D eigenvalue weighted by Crippen LogP contribution is -2.37. The van der Waals surface area contributed by atoms with Gasteiger partial charge in [-0.2, -0.15) is 9.61 Å². The van der Waals surface area contributed by atoms with Gasteiger partial charge in [0.05, 0.1) is 6.26 Å². The van der Waals surface area contributed by atoms with Gasteiger partial charge in [0.25, 0.3) is 0 Å². The van der Waals surface area contributed by atoms with Crippen molar-refractivity contribution in [1.29, 1.82) is 0 Å². The van der Waals surface area contributed by atoms with E-state index in [0.29, 0.717) is 19.0 Å². The van der Waals surface area contributed by atoms with E-state index in [9.17, 15) is 8.42 Å². The van der Waals surface area contributed by atoms with Gasteiger partial charge in [0.1, 0.15) is 5.01 Å². The highest BCUT2D eigenvalue weighted by Gasteiger charge is 2.28. The number of sulfonamides is 1. The van der Waals surface area contributed by atoms with Crippen LogP contribution in [0.1, 0.15) is 29.6 Å². The Morgan fingerprint density at radius 1 is 1.26 bits per heavy atom. The van der Waals surface area contributed by atoms with E-state index in [4.69, 9.17) is 0 Å². The minimum atomic E-state index is -3.06. The van der Waals surface area contributed by atoms with Crippen LogP contribution in [0.2, 0.25) is 0 Å². The monoisotopic (exact) mass is 301 g/mol. The maximum absolute atomic E-state index is 11.5. The number of rotatable bonds is 2. The Kier molecular flexibility index (Phi) is 3.06. The molecule has 1 fully saturated rings. The van der Waals surface area contributed by atoms with Crippen LogP contribution in [-0.2, 0) is 10.0 Å². The highest BCUT2D eigenvalue weighted by atomic mass is 32.2. The topological polar surface area (TPSA) is 80.5 Å². The van der Waals surface area contributed by atoms with Crippen LogP contribution in [0.5, 0.6) is 0 Å². The van der Waals surface area contributed by atoms with Crippen LogP contribution in [0.3, 0.4) is 0 Å². The summed E-state index contributed by atoms with van der Waals surface area (Å²) in [4.78, 5) is 0.804. The summed E-state index contributed by atoms with van der Waals surface area (Å²) in [7, 11) is -3.06. The van der Waals surface area contributed by atoms with Gasteiger partial charge in [0.15, 0.2) is 5.82 Å². The van der Waals surface area contributed by atoms with E-state index in [-0.39, 0.29) is 0 Å². The molecule has 0 radical (unpaired) electrons. The first kappa shape index (κ1) is 12.9. The molecule has 0 aliphatic carbocycles. The lowest BCUT2D eigenvalue weighted by atomic mass is 9.99. The van der Waals surface area contributed by atoms with Crippen LogP contribution >= 0.6 is 11.3 Å². The van der Waals surface area contributed by atoms with Gasteiger partial charge in [-0.3, -0.25) is 0 Å². The standard InChI is InChI=1S/C10H15N5O2S2/c1-7-11-12-10-15(7)13-9(18-10)8-3-5-14(6-4-8)19(2,16)17/h8H,3-6H2,1-2H3. The summed E-state index contributed by atoms with van der Waals surface area (Å²) >= 11 is 1.54. The van der Waals surface area contributed by atoms with Gasteiger partial charge in [-0.25, -0.2) is 12.7 Å². The lowest BCUT2D eigenvalue weighted by Gasteiger charge is -2.28. The van der Waals surface area contributed by atoms with Crippen molar-refractivity contribution < 1.29 is 8.42 Å². The Hall–Kier alpha value is -1.06. The average molecular weight is 301 g/mol. The molecule has 0 bridgehead atoms. The van der Waals surface area contributed by atoms with Gasteiger partial charge in [-0.05, 0) is 19.8 Å². The van der Waals surface area contributed by atoms with E-state index in [1.165, 1.54) is 10.6 Å². The molecule has 0 N–H and O–H groups in total. The second-order valence-electron chi connectivity index (χ2n) is 4.82. The maximum Gasteiger partial charge on any atom is 0.234 e. The first-order valence-corrected chi connectivity index (χ1v) is 8.75. The van der Waals surface area contributed by atoms with E-state index in [2.05, 4.69) is 15.3 Å². The third-order valence-electron chi connectivity index (χ3n) is 3.43. The first-order chi connectivity index (χ1) is 8.95. The van der Waals surface area contributed by atoms with Crippen LogP contribution in [0.25, 0.3) is 4.96 Å². The predicted octanol–water partition coefficient (Wildman–Crippen LogP) is 0.633. The SMILES string of the molecule is Cc1nnc2sc(C3CCN(S(C)(=O)=O)CC3)nn12. The van der Waals surface area contributed by atoms with Gasteiger partial charge >= 0.3 is 0 Å². The zero-order chi connectivity index (χ0) is 13.6. The molecule has 9 heteroatoms. The number of aryl methyl sites for hydroxylation is 1. The normalized spacial score (nSPS) is 19.3. The zero-order valence-electron chi connectivity index (χ0n) is 10.8. The van der Waals surface area contributed by atoms with Crippen LogP contribution < -0.4 is 0 Å². The fourth-order valence-electron chi connectivity index (χ4n) is 2.33. The second-order valence-corrected chi connectivity index (χ2v) is 7.79. The van der Waals surface area contributed by atoms with Crippen LogP contribution in [0.15, 0.2) is 0 Å². The minimum absolute atomic E-state index is 0.323. The molecule has 3 rings (SSSR count). The Balaban J connectivity index is 1.78. The van der Waals surface area contributed by atoms with Gasteiger partial charge in [0.2, 0.25) is 15.0 Å². The summed E-state index contributed by atoms with van der Waals surface area (Å²) in [5.74, 6) is 1.11. The fraction of sp³-hybridized carbons (Fsp3) is 0.700. The van der Waals surface area contributed by atoms with Crippen molar-refractivity contribution in [2.45, 2.75) is 25.7 Å². The van der Waals surface area contributed by atoms with E-state index < -0.39 is 10.0 Å². The summed E-state index contributed by atoms with van der Waals surface area (Å²) in [6, 6.07) is 0. The van der Waals surface area contributed by atoms with Gasteiger partial charge in [0, 0.05) is 19.0 Å². The molecule has 0 amide bonds. The summed E-state index contributed by atoms with van der Waals surface area (Å²) in [5, 5.41) is 13.6. The molecule has 7 nitrogen and oxygen atoms in total. The molecule has 0 saturated carbocycles. The quantitative estimate of drug-likeness (QED) is 0.813. The van der Waals surface area contributed by atoms with Crippen molar-refractivity contribution in [3.8, 4) is 0 Å². The van der Waals surface area contributed by atoms with E-state index in [0.717, 1.165) is 28.6 Å². The predicted molar refractivity (Wildman–Crippen MR) is 71.8 cm³/mol.